The van der Waals surface area contributed by atoms with Crippen LogP contribution in [0.25, 0.3) is 0 Å². The Hall–Kier alpha value is 0.650. The molecule has 2 radical (unpaired) electrons. The lowest BCUT2D eigenvalue weighted by atomic mass is 9.61. The number of ether oxygens (including phenoxy) is 4. The highest BCUT2D eigenvalue weighted by molar-refractivity contribution is 8.55. The Morgan fingerprint density at radius 2 is 1.70 bits per heavy atom. The first-order valence-corrected chi connectivity index (χ1v) is 17.3. The minimum absolute atomic E-state index is 0.00843. The standard InChI is InChI=1S/C24H39B2O7PS3/c1-29-15-19-17(13-20(32-19)25-9-3-11-35)24-7-5-23(6-8-24,16-31-34(27,28)37-24)22-18(30-2)14-21(33-22)26-10-4-12-36/h11-12,17-22H,3-10,13-16H2,1-2H3,(H,27,28)/t17?,18?,19-,20-,21-,22+,23?,24?/m1/s1. The number of rotatable bonds is 13. The van der Waals surface area contributed by atoms with Crippen molar-refractivity contribution < 1.29 is 32.9 Å². The van der Waals surface area contributed by atoms with Gasteiger partial charge >= 0.3 is 6.80 Å². The number of fused-ring (bicyclic) bond motifs is 5. The van der Waals surface area contributed by atoms with E-state index in [4.69, 9.17) is 47.9 Å². The number of thiocarbonyl (C=S) groups is 2. The van der Waals surface area contributed by atoms with Gasteiger partial charge in [0.05, 0.1) is 31.5 Å². The summed E-state index contributed by atoms with van der Waals surface area (Å²) in [5, 5.41) is 3.50. The van der Waals surface area contributed by atoms with Gasteiger partial charge in [0.15, 0.2) is 0 Å². The molecule has 7 atom stereocenters. The molecule has 3 unspecified atom stereocenters. The molecule has 4 aliphatic heterocycles. The summed E-state index contributed by atoms with van der Waals surface area (Å²) in [6, 6.07) is -0.0180. The van der Waals surface area contributed by atoms with Crippen molar-refractivity contribution in [3.8, 4) is 0 Å². The zero-order valence-corrected chi connectivity index (χ0v) is 25.2. The predicted octanol–water partition coefficient (Wildman–Crippen LogP) is 4.68. The molecular formula is C24H39B2O7PS3. The van der Waals surface area contributed by atoms with E-state index in [1.807, 2.05) is 0 Å². The van der Waals surface area contributed by atoms with Gasteiger partial charge in [-0.3, -0.25) is 0 Å². The van der Waals surface area contributed by atoms with E-state index >= 15 is 0 Å². The Bertz CT molecular complexity index is 832. The molecule has 1 aliphatic carbocycles. The molecule has 0 aromatic heterocycles. The number of hydrogen-bond donors (Lipinski definition) is 1. The molecule has 5 fully saturated rings. The highest BCUT2D eigenvalue weighted by atomic mass is 32.7. The molecule has 206 valence electrons. The maximum atomic E-state index is 13.4. The van der Waals surface area contributed by atoms with Crippen molar-refractivity contribution in [3.05, 3.63) is 0 Å². The van der Waals surface area contributed by atoms with Crippen LogP contribution in [0.1, 0.15) is 51.4 Å². The van der Waals surface area contributed by atoms with Gasteiger partial charge in [0.1, 0.15) is 14.6 Å². The van der Waals surface area contributed by atoms with Crippen molar-refractivity contribution >= 4 is 67.9 Å². The second kappa shape index (κ2) is 13.5. The molecule has 13 heteroatoms. The van der Waals surface area contributed by atoms with Crippen LogP contribution in [0.4, 0.5) is 0 Å². The van der Waals surface area contributed by atoms with Crippen molar-refractivity contribution in [2.75, 3.05) is 27.4 Å². The maximum absolute atomic E-state index is 13.4. The highest BCUT2D eigenvalue weighted by Gasteiger charge is 2.61. The van der Waals surface area contributed by atoms with Crippen LogP contribution < -0.4 is 0 Å². The SMILES string of the molecule is COC[C@H]1O[C@@H]([B]CCC=S)CC1C12CCC([C@H]3O[C@@H]([B]CCC=S)CC3OC)(CC1)COP(=O)(O)S2. The third-order valence-electron chi connectivity index (χ3n) is 8.65. The Labute approximate surface area is 237 Å². The molecule has 5 aliphatic rings. The van der Waals surface area contributed by atoms with Crippen LogP contribution in [0.3, 0.4) is 0 Å². The number of methoxy groups -OCH3 is 2. The quantitative estimate of drug-likeness (QED) is 0.142. The van der Waals surface area contributed by atoms with Gasteiger partial charge in [-0.15, -0.1) is 0 Å². The summed E-state index contributed by atoms with van der Waals surface area (Å²) in [6.07, 6.45) is 7.94. The minimum atomic E-state index is -3.89. The maximum Gasteiger partial charge on any atom is 0.387 e. The molecule has 2 bridgehead atoms. The van der Waals surface area contributed by atoms with E-state index in [-0.39, 0.29) is 48.3 Å². The molecule has 0 aromatic carbocycles. The lowest BCUT2D eigenvalue weighted by molar-refractivity contribution is -0.109. The van der Waals surface area contributed by atoms with Gasteiger partial charge < -0.3 is 28.4 Å². The molecular weight excluding hydrogens is 549 g/mol. The Balaban J connectivity index is 1.54. The largest absolute Gasteiger partial charge is 0.387 e. The van der Waals surface area contributed by atoms with Crippen molar-refractivity contribution in [1.82, 2.24) is 0 Å². The molecule has 0 spiro atoms. The van der Waals surface area contributed by atoms with E-state index < -0.39 is 11.5 Å². The van der Waals surface area contributed by atoms with Crippen LogP contribution in [0, 0.1) is 11.3 Å². The lowest BCUT2D eigenvalue weighted by Gasteiger charge is -2.53. The lowest BCUT2D eigenvalue weighted by Crippen LogP contribution is -2.54. The van der Waals surface area contributed by atoms with Crippen molar-refractivity contribution in [2.24, 2.45) is 11.3 Å². The predicted molar refractivity (Wildman–Crippen MR) is 157 cm³/mol. The van der Waals surface area contributed by atoms with Gasteiger partial charge in [-0.1, -0.05) is 37.1 Å². The minimum Gasteiger partial charge on any atom is -0.382 e. The van der Waals surface area contributed by atoms with Gasteiger partial charge in [0, 0.05) is 42.3 Å². The first-order valence-electron chi connectivity index (χ1n) is 13.3. The highest BCUT2D eigenvalue weighted by Crippen LogP contribution is 2.71. The van der Waals surface area contributed by atoms with Crippen LogP contribution in [-0.2, 0) is 28.0 Å². The normalized spacial score (nSPS) is 43.8. The van der Waals surface area contributed by atoms with Crippen molar-refractivity contribution in [3.63, 3.8) is 0 Å². The van der Waals surface area contributed by atoms with Crippen LogP contribution >= 0.6 is 42.6 Å². The van der Waals surface area contributed by atoms with Gasteiger partial charge in [-0.25, -0.2) is 4.57 Å². The fourth-order valence-electron chi connectivity index (χ4n) is 6.77. The molecule has 7 nitrogen and oxygen atoms in total. The van der Waals surface area contributed by atoms with Crippen LogP contribution in [0.5, 0.6) is 0 Å². The zero-order valence-electron chi connectivity index (χ0n) is 21.8. The first kappa shape index (κ1) is 30.6. The van der Waals surface area contributed by atoms with E-state index in [0.29, 0.717) is 6.61 Å². The van der Waals surface area contributed by atoms with Crippen molar-refractivity contribution in [2.45, 2.75) is 99.1 Å². The summed E-state index contributed by atoms with van der Waals surface area (Å²) in [4.78, 5) is 11.0. The fraction of sp³-hybridized carbons (Fsp3) is 0.917. The zero-order chi connectivity index (χ0) is 26.5. The number of hydrogen-bond acceptors (Lipinski definition) is 9. The van der Waals surface area contributed by atoms with E-state index in [1.165, 1.54) is 0 Å². The summed E-state index contributed by atoms with van der Waals surface area (Å²) in [5.74, 6) is 0.0878. The monoisotopic (exact) mass is 588 g/mol. The Morgan fingerprint density at radius 1 is 1.05 bits per heavy atom. The van der Waals surface area contributed by atoms with E-state index in [9.17, 15) is 9.46 Å². The molecule has 1 N–H and O–H groups in total. The Morgan fingerprint density at radius 3 is 2.30 bits per heavy atom. The molecule has 0 aromatic rings. The van der Waals surface area contributed by atoms with Crippen LogP contribution in [0.2, 0.25) is 12.6 Å². The smallest absolute Gasteiger partial charge is 0.382 e. The summed E-state index contributed by atoms with van der Waals surface area (Å²) in [7, 11) is 7.78. The van der Waals surface area contributed by atoms with Gasteiger partial charge in [0.25, 0.3) is 0 Å². The molecule has 4 saturated heterocycles. The second-order valence-electron chi connectivity index (χ2n) is 10.8. The van der Waals surface area contributed by atoms with Crippen molar-refractivity contribution in [1.29, 1.82) is 0 Å². The molecule has 4 heterocycles. The average molecular weight is 588 g/mol. The average Bonchev–Trinajstić information content (AvgIpc) is 3.48. The van der Waals surface area contributed by atoms with E-state index in [0.717, 1.165) is 75.4 Å². The van der Waals surface area contributed by atoms with Crippen LogP contribution in [-0.4, -0.2) is 92.7 Å². The molecule has 0 amide bonds. The first-order chi connectivity index (χ1) is 17.8. The third-order valence-corrected chi connectivity index (χ3v) is 13.0. The van der Waals surface area contributed by atoms with Gasteiger partial charge in [-0.05, 0) is 73.5 Å². The fourth-order valence-corrected chi connectivity index (χ4v) is 11.4. The summed E-state index contributed by atoms with van der Waals surface area (Å²) in [6.45, 7) is -3.22. The molecule has 37 heavy (non-hydrogen) atoms. The van der Waals surface area contributed by atoms with E-state index in [2.05, 4.69) is 14.6 Å². The molecule has 1 saturated carbocycles. The summed E-state index contributed by atoms with van der Waals surface area (Å²) >= 11 is 11.1. The molecule has 5 rings (SSSR count). The summed E-state index contributed by atoms with van der Waals surface area (Å²) < 4.78 is 43.2. The van der Waals surface area contributed by atoms with Gasteiger partial charge in [0.2, 0.25) is 0 Å². The van der Waals surface area contributed by atoms with Gasteiger partial charge in [-0.2, -0.15) is 0 Å². The van der Waals surface area contributed by atoms with Crippen LogP contribution in [0.15, 0.2) is 0 Å². The Kier molecular flexibility index (Phi) is 11.2. The topological polar surface area (TPSA) is 83.5 Å². The summed E-state index contributed by atoms with van der Waals surface area (Å²) in [5.41, 5.74) is -0.364. The third kappa shape index (κ3) is 7.11. The van der Waals surface area contributed by atoms with E-state index in [1.54, 1.807) is 25.0 Å². The second-order valence-corrected chi connectivity index (χ2v) is 15.6.